The van der Waals surface area contributed by atoms with Crippen LogP contribution in [0.1, 0.15) is 50.3 Å². The van der Waals surface area contributed by atoms with Crippen LogP contribution in [0.4, 0.5) is 0 Å². The molecular weight excluding hydrogens is 252 g/mol. The van der Waals surface area contributed by atoms with E-state index in [9.17, 15) is 0 Å². The Morgan fingerprint density at radius 2 is 1.84 bits per heavy atom. The zero-order chi connectivity index (χ0) is 13.8. The van der Waals surface area contributed by atoms with E-state index >= 15 is 0 Å². The number of aromatic nitrogens is 2. The quantitative estimate of drug-likeness (QED) is 0.772. The van der Waals surface area contributed by atoms with E-state index < -0.39 is 0 Å². The van der Waals surface area contributed by atoms with Gasteiger partial charge in [-0.2, -0.15) is 0 Å². The van der Waals surface area contributed by atoms with Gasteiger partial charge in [-0.25, -0.2) is 0 Å². The van der Waals surface area contributed by atoms with Crippen molar-refractivity contribution in [2.45, 2.75) is 45.6 Å². The van der Waals surface area contributed by atoms with Crippen molar-refractivity contribution in [1.29, 1.82) is 0 Å². The summed E-state index contributed by atoms with van der Waals surface area (Å²) < 4.78 is 3.07. The first-order valence-corrected chi connectivity index (χ1v) is 7.33. The molecule has 0 spiro atoms. The third-order valence-electron chi connectivity index (χ3n) is 3.65. The fraction of sp³-hybridized carbons (Fsp3) is 0.438. The smallest absolute Gasteiger partial charge is 0.177 e. The van der Waals surface area contributed by atoms with E-state index in [-0.39, 0.29) is 0 Å². The van der Waals surface area contributed by atoms with Crippen molar-refractivity contribution in [3.8, 4) is 0 Å². The minimum absolute atomic E-state index is 0.500. The van der Waals surface area contributed by atoms with Gasteiger partial charge in [-0.15, -0.1) is 0 Å². The Morgan fingerprint density at radius 3 is 2.47 bits per heavy atom. The molecule has 1 N–H and O–H groups in total. The molecule has 0 saturated heterocycles. The Hall–Kier alpha value is -1.35. The molecule has 1 aromatic carbocycles. The van der Waals surface area contributed by atoms with Crippen molar-refractivity contribution < 1.29 is 0 Å². The van der Waals surface area contributed by atoms with E-state index in [1.807, 2.05) is 6.20 Å². The van der Waals surface area contributed by atoms with E-state index in [2.05, 4.69) is 60.7 Å². The molecular formula is C16H22N2S. The van der Waals surface area contributed by atoms with E-state index in [0.29, 0.717) is 11.8 Å². The van der Waals surface area contributed by atoms with Gasteiger partial charge in [-0.1, -0.05) is 51.1 Å². The maximum absolute atomic E-state index is 5.37. The molecule has 2 nitrogen and oxygen atoms in total. The van der Waals surface area contributed by atoms with Crippen LogP contribution in [-0.4, -0.2) is 9.55 Å². The highest BCUT2D eigenvalue weighted by atomic mass is 32.1. The number of H-pyrrole nitrogens is 1. The minimum atomic E-state index is 0.500. The van der Waals surface area contributed by atoms with Gasteiger partial charge in [0.25, 0.3) is 0 Å². The van der Waals surface area contributed by atoms with Crippen LogP contribution in [0.2, 0.25) is 0 Å². The second-order valence-electron chi connectivity index (χ2n) is 5.43. The predicted molar refractivity (Wildman–Crippen MR) is 83.2 cm³/mol. The number of hydrogen-bond acceptors (Lipinski definition) is 1. The van der Waals surface area contributed by atoms with Gasteiger partial charge in [0.15, 0.2) is 4.77 Å². The molecule has 0 saturated carbocycles. The number of nitrogens with one attached hydrogen (secondary N) is 1. The van der Waals surface area contributed by atoms with Gasteiger partial charge in [0.05, 0.1) is 0 Å². The molecule has 2 aromatic rings. The van der Waals surface area contributed by atoms with Gasteiger partial charge < -0.3 is 9.55 Å². The highest BCUT2D eigenvalue weighted by Gasteiger charge is 2.10. The third kappa shape index (κ3) is 3.35. The Kier molecular flexibility index (Phi) is 4.59. The summed E-state index contributed by atoms with van der Waals surface area (Å²) in [5.74, 6) is 1.05. The summed E-state index contributed by atoms with van der Waals surface area (Å²) in [5.41, 5.74) is 2.70. The maximum Gasteiger partial charge on any atom is 0.177 e. The average molecular weight is 274 g/mol. The molecule has 3 heteroatoms. The second-order valence-corrected chi connectivity index (χ2v) is 5.81. The lowest BCUT2D eigenvalue weighted by Gasteiger charge is -2.15. The van der Waals surface area contributed by atoms with E-state index in [1.54, 1.807) is 0 Å². The molecule has 0 aliphatic heterocycles. The zero-order valence-electron chi connectivity index (χ0n) is 11.9. The SMILES string of the molecule is CC(C)c1c[nH]c(=S)n1CCC(C)c1ccccc1. The topological polar surface area (TPSA) is 20.7 Å². The maximum atomic E-state index is 5.37. The number of nitrogens with zero attached hydrogens (tertiary/aromatic N) is 1. The van der Waals surface area contributed by atoms with Gasteiger partial charge in [0, 0.05) is 18.4 Å². The lowest BCUT2D eigenvalue weighted by atomic mass is 9.98. The Bertz CT molecular complexity index is 566. The molecule has 1 atom stereocenters. The Labute approximate surface area is 120 Å². The van der Waals surface area contributed by atoms with Crippen LogP contribution in [0.15, 0.2) is 36.5 Å². The van der Waals surface area contributed by atoms with Crippen LogP contribution < -0.4 is 0 Å². The van der Waals surface area contributed by atoms with Gasteiger partial charge in [-0.3, -0.25) is 0 Å². The fourth-order valence-corrected chi connectivity index (χ4v) is 2.64. The lowest BCUT2D eigenvalue weighted by molar-refractivity contribution is 0.547. The lowest BCUT2D eigenvalue weighted by Crippen LogP contribution is -2.07. The van der Waals surface area contributed by atoms with Crippen molar-refractivity contribution in [2.24, 2.45) is 0 Å². The molecule has 2 rings (SSSR count). The first-order chi connectivity index (χ1) is 9.09. The summed E-state index contributed by atoms with van der Waals surface area (Å²) in [4.78, 5) is 3.16. The molecule has 0 amide bonds. The molecule has 102 valence electrons. The summed E-state index contributed by atoms with van der Waals surface area (Å²) >= 11 is 5.37. The third-order valence-corrected chi connectivity index (χ3v) is 3.98. The van der Waals surface area contributed by atoms with Crippen molar-refractivity contribution in [1.82, 2.24) is 9.55 Å². The van der Waals surface area contributed by atoms with Crippen LogP contribution in [-0.2, 0) is 6.54 Å². The van der Waals surface area contributed by atoms with Crippen LogP contribution in [0.5, 0.6) is 0 Å². The first-order valence-electron chi connectivity index (χ1n) is 6.92. The molecule has 19 heavy (non-hydrogen) atoms. The molecule has 1 aromatic heterocycles. The fourth-order valence-electron chi connectivity index (χ4n) is 2.39. The molecule has 0 fully saturated rings. The van der Waals surface area contributed by atoms with E-state index in [0.717, 1.165) is 17.7 Å². The summed E-state index contributed by atoms with van der Waals surface area (Å²) in [6.07, 6.45) is 3.15. The number of benzene rings is 1. The summed E-state index contributed by atoms with van der Waals surface area (Å²) in [6, 6.07) is 10.7. The molecule has 0 aliphatic carbocycles. The summed E-state index contributed by atoms with van der Waals surface area (Å²) in [6.45, 7) is 7.66. The van der Waals surface area contributed by atoms with Gasteiger partial charge in [-0.05, 0) is 36.0 Å². The van der Waals surface area contributed by atoms with Gasteiger partial charge >= 0.3 is 0 Å². The van der Waals surface area contributed by atoms with Crippen molar-refractivity contribution >= 4 is 12.2 Å². The molecule has 0 aliphatic rings. The van der Waals surface area contributed by atoms with Crippen LogP contribution in [0.3, 0.4) is 0 Å². The van der Waals surface area contributed by atoms with Crippen molar-refractivity contribution in [2.75, 3.05) is 0 Å². The van der Waals surface area contributed by atoms with Crippen LogP contribution >= 0.6 is 12.2 Å². The molecule has 0 bridgehead atoms. The summed E-state index contributed by atoms with van der Waals surface area (Å²) in [5, 5.41) is 0. The van der Waals surface area contributed by atoms with Crippen LogP contribution in [0.25, 0.3) is 0 Å². The van der Waals surface area contributed by atoms with E-state index in [1.165, 1.54) is 11.3 Å². The zero-order valence-corrected chi connectivity index (χ0v) is 12.7. The molecule has 0 radical (unpaired) electrons. The highest BCUT2D eigenvalue weighted by molar-refractivity contribution is 7.71. The number of hydrogen-bond donors (Lipinski definition) is 1. The van der Waals surface area contributed by atoms with Crippen molar-refractivity contribution in [3.63, 3.8) is 0 Å². The predicted octanol–water partition coefficient (Wildman–Crippen LogP) is 4.86. The Morgan fingerprint density at radius 1 is 1.16 bits per heavy atom. The normalized spacial score (nSPS) is 12.8. The number of rotatable bonds is 5. The highest BCUT2D eigenvalue weighted by Crippen LogP contribution is 2.21. The van der Waals surface area contributed by atoms with Gasteiger partial charge in [0.1, 0.15) is 0 Å². The number of imidazole rings is 1. The standard InChI is InChI=1S/C16H22N2S/c1-12(2)15-11-17-16(19)18(15)10-9-13(3)14-7-5-4-6-8-14/h4-8,11-13H,9-10H2,1-3H3,(H,17,19). The molecule has 1 unspecified atom stereocenters. The second kappa shape index (κ2) is 6.20. The number of aromatic amines is 1. The first kappa shape index (κ1) is 14.1. The van der Waals surface area contributed by atoms with Crippen LogP contribution in [0, 0.1) is 4.77 Å². The van der Waals surface area contributed by atoms with Crippen molar-refractivity contribution in [3.05, 3.63) is 52.6 Å². The van der Waals surface area contributed by atoms with E-state index in [4.69, 9.17) is 12.2 Å². The van der Waals surface area contributed by atoms with Gasteiger partial charge in [0.2, 0.25) is 0 Å². The summed E-state index contributed by atoms with van der Waals surface area (Å²) in [7, 11) is 0. The largest absolute Gasteiger partial charge is 0.337 e. The molecule has 1 heterocycles. The minimum Gasteiger partial charge on any atom is -0.337 e. The Balaban J connectivity index is 2.07. The average Bonchev–Trinajstić information content (AvgIpc) is 2.78. The monoisotopic (exact) mass is 274 g/mol.